The summed E-state index contributed by atoms with van der Waals surface area (Å²) in [5, 5.41) is 0. The second kappa shape index (κ2) is 3.14. The number of esters is 1. The molecule has 3 nitrogen and oxygen atoms in total. The van der Waals surface area contributed by atoms with Gasteiger partial charge in [0.2, 0.25) is 0 Å². The van der Waals surface area contributed by atoms with E-state index in [0.717, 1.165) is 19.3 Å². The Hall–Kier alpha value is -0.280. The number of nitrogens with two attached hydrogens (primary N) is 1. The van der Waals surface area contributed by atoms with Crippen molar-refractivity contribution in [1.29, 1.82) is 0 Å². The summed E-state index contributed by atoms with van der Waals surface area (Å²) in [4.78, 5) is 11.3. The third-order valence-corrected chi connectivity index (χ3v) is 3.55. The Labute approximate surface area is 84.4 Å². The molecule has 2 aliphatic carbocycles. The average molecular weight is 206 g/mol. The van der Waals surface area contributed by atoms with Crippen molar-refractivity contribution < 1.29 is 9.53 Å². The molecule has 0 heterocycles. The highest BCUT2D eigenvalue weighted by Gasteiger charge is 2.70. The molecular formula is C9H16ClNO2. The Balaban J connectivity index is 0.000000845. The minimum atomic E-state index is -0.627. The zero-order chi connectivity index (χ0) is 8.82. The summed E-state index contributed by atoms with van der Waals surface area (Å²) in [6, 6.07) is 0. The lowest BCUT2D eigenvalue weighted by Crippen LogP contribution is -2.39. The van der Waals surface area contributed by atoms with E-state index in [4.69, 9.17) is 10.5 Å². The van der Waals surface area contributed by atoms with Crippen LogP contribution in [0.15, 0.2) is 0 Å². The SMILES string of the molecule is COC(=O)C1(N)CC12CCCC2.Cl. The molecule has 4 heteroatoms. The van der Waals surface area contributed by atoms with Gasteiger partial charge in [0, 0.05) is 5.41 Å². The van der Waals surface area contributed by atoms with Crippen molar-refractivity contribution in [3.63, 3.8) is 0 Å². The average Bonchev–Trinajstić information content (AvgIpc) is 2.50. The van der Waals surface area contributed by atoms with Crippen LogP contribution in [0, 0.1) is 5.41 Å². The van der Waals surface area contributed by atoms with Crippen LogP contribution < -0.4 is 5.73 Å². The maximum Gasteiger partial charge on any atom is 0.326 e. The van der Waals surface area contributed by atoms with E-state index >= 15 is 0 Å². The first-order valence-electron chi connectivity index (χ1n) is 4.52. The van der Waals surface area contributed by atoms with Crippen molar-refractivity contribution in [1.82, 2.24) is 0 Å². The molecule has 2 fully saturated rings. The smallest absolute Gasteiger partial charge is 0.326 e. The maximum atomic E-state index is 11.3. The number of hydrogen-bond donors (Lipinski definition) is 1. The Morgan fingerprint density at radius 3 is 2.38 bits per heavy atom. The van der Waals surface area contributed by atoms with Gasteiger partial charge in [-0.2, -0.15) is 0 Å². The zero-order valence-electron chi connectivity index (χ0n) is 7.84. The van der Waals surface area contributed by atoms with Crippen molar-refractivity contribution in [2.45, 2.75) is 37.6 Å². The molecular weight excluding hydrogens is 190 g/mol. The summed E-state index contributed by atoms with van der Waals surface area (Å²) >= 11 is 0. The third-order valence-electron chi connectivity index (χ3n) is 3.55. The second-order valence-corrected chi connectivity index (χ2v) is 4.13. The van der Waals surface area contributed by atoms with Crippen LogP contribution in [0.2, 0.25) is 0 Å². The van der Waals surface area contributed by atoms with E-state index in [1.54, 1.807) is 0 Å². The quantitative estimate of drug-likeness (QED) is 0.656. The second-order valence-electron chi connectivity index (χ2n) is 4.13. The van der Waals surface area contributed by atoms with Crippen molar-refractivity contribution >= 4 is 18.4 Å². The van der Waals surface area contributed by atoms with Gasteiger partial charge in [-0.15, -0.1) is 12.4 Å². The lowest BCUT2D eigenvalue weighted by atomic mass is 9.98. The van der Waals surface area contributed by atoms with Gasteiger partial charge in [-0.25, -0.2) is 0 Å². The fourth-order valence-corrected chi connectivity index (χ4v) is 2.64. The summed E-state index contributed by atoms with van der Waals surface area (Å²) in [6.45, 7) is 0. The van der Waals surface area contributed by atoms with Crippen LogP contribution in [0.5, 0.6) is 0 Å². The van der Waals surface area contributed by atoms with Crippen LogP contribution >= 0.6 is 12.4 Å². The molecule has 0 aromatic rings. The normalized spacial score (nSPS) is 34.0. The van der Waals surface area contributed by atoms with Gasteiger partial charge in [-0.1, -0.05) is 12.8 Å². The van der Waals surface area contributed by atoms with Crippen LogP contribution in [0.3, 0.4) is 0 Å². The van der Waals surface area contributed by atoms with Crippen molar-refractivity contribution in [3.05, 3.63) is 0 Å². The molecule has 2 N–H and O–H groups in total. The Kier molecular flexibility index (Phi) is 2.61. The third kappa shape index (κ3) is 1.25. The topological polar surface area (TPSA) is 52.3 Å². The number of carbonyl (C=O) groups excluding carboxylic acids is 1. The van der Waals surface area contributed by atoms with E-state index in [-0.39, 0.29) is 23.8 Å². The summed E-state index contributed by atoms with van der Waals surface area (Å²) in [5.41, 5.74) is 5.46. The zero-order valence-corrected chi connectivity index (χ0v) is 8.65. The monoisotopic (exact) mass is 205 g/mol. The largest absolute Gasteiger partial charge is 0.468 e. The lowest BCUT2D eigenvalue weighted by Gasteiger charge is -2.14. The Bertz CT molecular complexity index is 226. The number of rotatable bonds is 1. The molecule has 1 spiro atoms. The molecule has 0 amide bonds. The highest BCUT2D eigenvalue weighted by Crippen LogP contribution is 2.64. The molecule has 0 aromatic heterocycles. The highest BCUT2D eigenvalue weighted by molar-refractivity contribution is 5.86. The molecule has 0 saturated heterocycles. The van der Waals surface area contributed by atoms with Crippen LogP contribution in [0.4, 0.5) is 0 Å². The molecule has 2 saturated carbocycles. The fraction of sp³-hybridized carbons (Fsp3) is 0.889. The van der Waals surface area contributed by atoms with E-state index in [9.17, 15) is 4.79 Å². The van der Waals surface area contributed by atoms with E-state index in [2.05, 4.69) is 0 Å². The maximum absolute atomic E-state index is 11.3. The van der Waals surface area contributed by atoms with Gasteiger partial charge >= 0.3 is 5.97 Å². The van der Waals surface area contributed by atoms with E-state index in [1.165, 1.54) is 20.0 Å². The van der Waals surface area contributed by atoms with E-state index in [0.29, 0.717) is 0 Å². The Morgan fingerprint density at radius 2 is 1.92 bits per heavy atom. The van der Waals surface area contributed by atoms with Gasteiger partial charge in [-0.05, 0) is 19.3 Å². The molecule has 13 heavy (non-hydrogen) atoms. The minimum Gasteiger partial charge on any atom is -0.468 e. The number of hydrogen-bond acceptors (Lipinski definition) is 3. The first kappa shape index (κ1) is 10.8. The molecule has 0 bridgehead atoms. The van der Waals surface area contributed by atoms with Gasteiger partial charge in [0.25, 0.3) is 0 Å². The molecule has 0 aliphatic heterocycles. The van der Waals surface area contributed by atoms with Crippen LogP contribution in [0.25, 0.3) is 0 Å². The summed E-state index contributed by atoms with van der Waals surface area (Å²) in [7, 11) is 1.41. The van der Waals surface area contributed by atoms with Crippen molar-refractivity contribution in [3.8, 4) is 0 Å². The first-order valence-corrected chi connectivity index (χ1v) is 4.52. The number of methoxy groups -OCH3 is 1. The van der Waals surface area contributed by atoms with Crippen molar-refractivity contribution in [2.75, 3.05) is 7.11 Å². The van der Waals surface area contributed by atoms with Gasteiger partial charge in [0.15, 0.2) is 0 Å². The van der Waals surface area contributed by atoms with Crippen LogP contribution in [-0.4, -0.2) is 18.6 Å². The van der Waals surface area contributed by atoms with Crippen LogP contribution in [0.1, 0.15) is 32.1 Å². The molecule has 76 valence electrons. The van der Waals surface area contributed by atoms with Gasteiger partial charge in [-0.3, -0.25) is 4.79 Å². The highest BCUT2D eigenvalue weighted by atomic mass is 35.5. The first-order chi connectivity index (χ1) is 5.65. The minimum absolute atomic E-state index is 0. The van der Waals surface area contributed by atoms with E-state index < -0.39 is 5.54 Å². The summed E-state index contributed by atoms with van der Waals surface area (Å²) in [6.07, 6.45) is 5.50. The van der Waals surface area contributed by atoms with Gasteiger partial charge < -0.3 is 10.5 Å². The predicted molar refractivity (Wildman–Crippen MR) is 51.7 cm³/mol. The fourth-order valence-electron chi connectivity index (χ4n) is 2.64. The molecule has 1 atom stereocenters. The van der Waals surface area contributed by atoms with Gasteiger partial charge in [0.05, 0.1) is 7.11 Å². The molecule has 0 radical (unpaired) electrons. The van der Waals surface area contributed by atoms with Crippen molar-refractivity contribution in [2.24, 2.45) is 11.1 Å². The van der Waals surface area contributed by atoms with Gasteiger partial charge in [0.1, 0.15) is 5.54 Å². The number of ether oxygens (including phenoxy) is 1. The molecule has 2 rings (SSSR count). The number of halogens is 1. The standard InChI is InChI=1S/C9H15NO2.ClH/c1-12-7(11)9(10)6-8(9)4-2-3-5-8;/h2-6,10H2,1H3;1H. The Morgan fingerprint density at radius 1 is 1.38 bits per heavy atom. The van der Waals surface area contributed by atoms with E-state index in [1.807, 2.05) is 0 Å². The predicted octanol–water partition coefficient (Wildman–Crippen LogP) is 1.24. The molecule has 0 aromatic carbocycles. The lowest BCUT2D eigenvalue weighted by molar-refractivity contribution is -0.144. The summed E-state index contributed by atoms with van der Waals surface area (Å²) < 4.78 is 4.70. The van der Waals surface area contributed by atoms with Crippen LogP contribution in [-0.2, 0) is 9.53 Å². The molecule has 1 unspecified atom stereocenters. The summed E-state index contributed by atoms with van der Waals surface area (Å²) in [5.74, 6) is -0.218. The number of carbonyl (C=O) groups is 1. The molecule has 2 aliphatic rings.